The van der Waals surface area contributed by atoms with Crippen LogP contribution < -0.4 is 0 Å². The molecular formula is C19H29N3O. The van der Waals surface area contributed by atoms with Crippen LogP contribution in [-0.2, 0) is 18.6 Å². The van der Waals surface area contributed by atoms with Gasteiger partial charge in [-0.05, 0) is 29.4 Å². The third-order valence-corrected chi connectivity index (χ3v) is 4.52. The van der Waals surface area contributed by atoms with Gasteiger partial charge in [0.05, 0.1) is 18.8 Å². The van der Waals surface area contributed by atoms with E-state index in [4.69, 9.17) is 0 Å². The average molecular weight is 315 g/mol. The molecule has 4 heteroatoms. The molecule has 0 aliphatic heterocycles. The zero-order chi connectivity index (χ0) is 17.0. The molecule has 0 fully saturated rings. The van der Waals surface area contributed by atoms with Crippen LogP contribution in [0.1, 0.15) is 75.9 Å². The van der Waals surface area contributed by atoms with Gasteiger partial charge in [0.15, 0.2) is 0 Å². The normalized spacial score (nSPS) is 12.1. The third-order valence-electron chi connectivity index (χ3n) is 4.52. The highest BCUT2D eigenvalue weighted by atomic mass is 16.3. The first-order valence-electron chi connectivity index (χ1n) is 8.53. The van der Waals surface area contributed by atoms with Gasteiger partial charge >= 0.3 is 0 Å². The van der Waals surface area contributed by atoms with Gasteiger partial charge in [-0.15, -0.1) is 5.10 Å². The van der Waals surface area contributed by atoms with Crippen molar-refractivity contribution in [1.29, 1.82) is 0 Å². The lowest BCUT2D eigenvalue weighted by molar-refractivity contribution is 0.274. The van der Waals surface area contributed by atoms with Crippen LogP contribution in [-0.4, -0.2) is 20.1 Å². The van der Waals surface area contributed by atoms with E-state index in [9.17, 15) is 5.11 Å². The molecular weight excluding hydrogens is 286 g/mol. The molecule has 0 saturated heterocycles. The van der Waals surface area contributed by atoms with Crippen molar-refractivity contribution in [3.8, 4) is 0 Å². The van der Waals surface area contributed by atoms with Crippen molar-refractivity contribution in [1.82, 2.24) is 15.0 Å². The Bertz CT molecular complexity index is 619. The van der Waals surface area contributed by atoms with Crippen molar-refractivity contribution < 1.29 is 5.11 Å². The fourth-order valence-corrected chi connectivity index (χ4v) is 2.99. The van der Waals surface area contributed by atoms with Gasteiger partial charge in [0.1, 0.15) is 5.69 Å². The molecule has 126 valence electrons. The van der Waals surface area contributed by atoms with Crippen LogP contribution in [0.4, 0.5) is 0 Å². The molecule has 0 amide bonds. The van der Waals surface area contributed by atoms with Gasteiger partial charge in [0.25, 0.3) is 0 Å². The van der Waals surface area contributed by atoms with Crippen molar-refractivity contribution in [2.45, 2.75) is 71.9 Å². The molecule has 0 unspecified atom stereocenters. The zero-order valence-corrected chi connectivity index (χ0v) is 15.0. The SMILES string of the molecule is CCC(CC)c1c(CO)nnn1Cc1ccc(C(C)(C)C)cc1. The topological polar surface area (TPSA) is 50.9 Å². The number of aliphatic hydroxyl groups excluding tert-OH is 1. The Hall–Kier alpha value is -1.68. The first-order chi connectivity index (χ1) is 10.9. The maximum atomic E-state index is 9.55. The first kappa shape index (κ1) is 17.7. The first-order valence-corrected chi connectivity index (χ1v) is 8.53. The molecule has 1 N–H and O–H groups in total. The molecule has 2 rings (SSSR count). The number of rotatable bonds is 6. The molecule has 1 aromatic heterocycles. The predicted molar refractivity (Wildman–Crippen MR) is 93.5 cm³/mol. The van der Waals surface area contributed by atoms with Crippen molar-refractivity contribution >= 4 is 0 Å². The van der Waals surface area contributed by atoms with E-state index >= 15 is 0 Å². The van der Waals surface area contributed by atoms with Crippen LogP contribution in [0.3, 0.4) is 0 Å². The molecule has 1 heterocycles. The molecule has 0 bridgehead atoms. The minimum atomic E-state index is -0.0468. The summed E-state index contributed by atoms with van der Waals surface area (Å²) in [5.74, 6) is 0.390. The van der Waals surface area contributed by atoms with Crippen LogP contribution >= 0.6 is 0 Å². The minimum Gasteiger partial charge on any atom is -0.390 e. The standard InChI is InChI=1S/C19H29N3O/c1-6-15(7-2)18-17(13-23)20-21-22(18)12-14-8-10-16(11-9-14)19(3,4)5/h8-11,15,23H,6-7,12-13H2,1-5H3. The van der Waals surface area contributed by atoms with E-state index in [2.05, 4.69) is 69.2 Å². The van der Waals surface area contributed by atoms with E-state index < -0.39 is 0 Å². The van der Waals surface area contributed by atoms with Crippen molar-refractivity contribution in [2.24, 2.45) is 0 Å². The molecule has 23 heavy (non-hydrogen) atoms. The highest BCUT2D eigenvalue weighted by molar-refractivity contribution is 5.28. The second-order valence-corrected chi connectivity index (χ2v) is 7.20. The third kappa shape index (κ3) is 3.99. The fourth-order valence-electron chi connectivity index (χ4n) is 2.99. The monoisotopic (exact) mass is 315 g/mol. The van der Waals surface area contributed by atoms with E-state index in [1.807, 2.05) is 4.68 Å². The Morgan fingerprint density at radius 2 is 1.70 bits per heavy atom. The minimum absolute atomic E-state index is 0.0468. The lowest BCUT2D eigenvalue weighted by Gasteiger charge is -2.19. The summed E-state index contributed by atoms with van der Waals surface area (Å²) < 4.78 is 1.95. The Labute approximate surface area is 139 Å². The largest absolute Gasteiger partial charge is 0.390 e. The lowest BCUT2D eigenvalue weighted by Crippen LogP contribution is -2.13. The van der Waals surface area contributed by atoms with Crippen LogP contribution in [0.5, 0.6) is 0 Å². The average Bonchev–Trinajstić information content (AvgIpc) is 2.91. The molecule has 0 spiro atoms. The molecule has 4 nitrogen and oxygen atoms in total. The molecule has 0 aliphatic carbocycles. The van der Waals surface area contributed by atoms with E-state index in [0.29, 0.717) is 18.2 Å². The molecule has 2 aromatic rings. The smallest absolute Gasteiger partial charge is 0.112 e. The van der Waals surface area contributed by atoms with Gasteiger partial charge in [-0.25, -0.2) is 4.68 Å². The van der Waals surface area contributed by atoms with Gasteiger partial charge in [-0.3, -0.25) is 0 Å². The lowest BCUT2D eigenvalue weighted by atomic mass is 9.87. The molecule has 0 radical (unpaired) electrons. The Morgan fingerprint density at radius 3 is 2.17 bits per heavy atom. The predicted octanol–water partition coefficient (Wildman–Crippen LogP) is 4.02. The summed E-state index contributed by atoms with van der Waals surface area (Å²) >= 11 is 0. The number of aliphatic hydroxyl groups is 1. The summed E-state index contributed by atoms with van der Waals surface area (Å²) in [5.41, 5.74) is 4.49. The fraction of sp³-hybridized carbons (Fsp3) is 0.579. The molecule has 0 saturated carbocycles. The Kier molecular flexibility index (Phi) is 5.58. The quantitative estimate of drug-likeness (QED) is 0.876. The van der Waals surface area contributed by atoms with Crippen molar-refractivity contribution in [2.75, 3.05) is 0 Å². The highest BCUT2D eigenvalue weighted by Crippen LogP contribution is 2.26. The van der Waals surface area contributed by atoms with Crippen molar-refractivity contribution in [3.05, 3.63) is 46.8 Å². The summed E-state index contributed by atoms with van der Waals surface area (Å²) in [7, 11) is 0. The summed E-state index contributed by atoms with van der Waals surface area (Å²) in [6, 6.07) is 8.71. The van der Waals surface area contributed by atoms with E-state index in [-0.39, 0.29) is 12.0 Å². The van der Waals surface area contributed by atoms with Gasteiger partial charge in [-0.1, -0.05) is 64.1 Å². The van der Waals surface area contributed by atoms with Crippen LogP contribution in [0.15, 0.2) is 24.3 Å². The van der Waals surface area contributed by atoms with Gasteiger partial charge < -0.3 is 5.11 Å². The number of nitrogens with zero attached hydrogens (tertiary/aromatic N) is 3. The van der Waals surface area contributed by atoms with E-state index in [0.717, 1.165) is 18.5 Å². The number of hydrogen-bond donors (Lipinski definition) is 1. The van der Waals surface area contributed by atoms with Gasteiger partial charge in [0, 0.05) is 5.92 Å². The molecule has 0 aliphatic rings. The summed E-state index contributed by atoms with van der Waals surface area (Å²) in [6.07, 6.45) is 2.06. The second-order valence-electron chi connectivity index (χ2n) is 7.20. The summed E-state index contributed by atoms with van der Waals surface area (Å²) in [5, 5.41) is 18.0. The maximum absolute atomic E-state index is 9.55. The number of hydrogen-bond acceptors (Lipinski definition) is 3. The molecule has 0 atom stereocenters. The number of aromatic nitrogens is 3. The second kappa shape index (κ2) is 7.26. The summed E-state index contributed by atoms with van der Waals surface area (Å²) in [4.78, 5) is 0. The van der Waals surface area contributed by atoms with Gasteiger partial charge in [-0.2, -0.15) is 0 Å². The van der Waals surface area contributed by atoms with Crippen LogP contribution in [0.2, 0.25) is 0 Å². The van der Waals surface area contributed by atoms with E-state index in [1.54, 1.807) is 0 Å². The van der Waals surface area contributed by atoms with Crippen LogP contribution in [0.25, 0.3) is 0 Å². The van der Waals surface area contributed by atoms with Crippen LogP contribution in [0, 0.1) is 0 Å². The highest BCUT2D eigenvalue weighted by Gasteiger charge is 2.20. The number of benzene rings is 1. The summed E-state index contributed by atoms with van der Waals surface area (Å²) in [6.45, 7) is 11.7. The van der Waals surface area contributed by atoms with E-state index in [1.165, 1.54) is 11.1 Å². The van der Waals surface area contributed by atoms with Gasteiger partial charge in [0.2, 0.25) is 0 Å². The Balaban J connectivity index is 2.28. The zero-order valence-electron chi connectivity index (χ0n) is 15.0. The maximum Gasteiger partial charge on any atom is 0.112 e. The van der Waals surface area contributed by atoms with Crippen molar-refractivity contribution in [3.63, 3.8) is 0 Å². The Morgan fingerprint density at radius 1 is 1.09 bits per heavy atom. The molecule has 1 aromatic carbocycles.